The fourth-order valence-electron chi connectivity index (χ4n) is 3.84. The highest BCUT2D eigenvalue weighted by atomic mass is 16.5. The molecule has 2 aromatic rings. The second-order valence-corrected chi connectivity index (χ2v) is 7.24. The average molecular weight is 443 g/mol. The predicted molar refractivity (Wildman–Crippen MR) is 122 cm³/mol. The Morgan fingerprint density at radius 2 is 1.69 bits per heavy atom. The number of fused-ring (bicyclic) bond motifs is 1. The molecule has 1 atom stereocenters. The third-order valence-corrected chi connectivity index (χ3v) is 5.41. The predicted octanol–water partition coefficient (Wildman–Crippen LogP) is 3.16. The molecule has 0 radical (unpaired) electrons. The molecule has 1 aliphatic rings. The molecule has 2 aromatic carbocycles. The molecule has 3 N–H and O–H groups in total. The number of hydrogen-bond donors (Lipinski definition) is 3. The van der Waals surface area contributed by atoms with Crippen LogP contribution < -0.4 is 30.2 Å². The maximum absolute atomic E-state index is 13.3. The molecule has 1 aliphatic heterocycles. The zero-order valence-corrected chi connectivity index (χ0v) is 18.9. The minimum Gasteiger partial charge on any atom is -0.495 e. The number of nitrogens with one attached hydrogen (secondary N) is 3. The van der Waals surface area contributed by atoms with E-state index in [-0.39, 0.29) is 18.6 Å². The van der Waals surface area contributed by atoms with Crippen LogP contribution >= 0.6 is 0 Å². The van der Waals surface area contributed by atoms with Crippen LogP contribution in [0, 0.1) is 0 Å². The molecule has 9 nitrogen and oxygen atoms in total. The molecule has 32 heavy (non-hydrogen) atoms. The number of amides is 4. The minimum absolute atomic E-state index is 0.244. The van der Waals surface area contributed by atoms with Crippen LogP contribution in [0.3, 0.4) is 0 Å². The van der Waals surface area contributed by atoms with Gasteiger partial charge < -0.3 is 35.1 Å². The van der Waals surface area contributed by atoms with E-state index < -0.39 is 6.04 Å². The van der Waals surface area contributed by atoms with E-state index in [0.717, 1.165) is 11.1 Å². The lowest BCUT2D eigenvalue weighted by atomic mass is 9.92. The van der Waals surface area contributed by atoms with Crippen molar-refractivity contribution in [1.82, 2.24) is 15.5 Å². The number of para-hydroxylation sites is 2. The van der Waals surface area contributed by atoms with Crippen molar-refractivity contribution in [2.45, 2.75) is 19.4 Å². The lowest BCUT2D eigenvalue weighted by Gasteiger charge is -2.38. The molecule has 0 aromatic heterocycles. The monoisotopic (exact) mass is 442 g/mol. The van der Waals surface area contributed by atoms with Crippen molar-refractivity contribution in [2.24, 2.45) is 0 Å². The smallest absolute Gasteiger partial charge is 0.322 e. The van der Waals surface area contributed by atoms with Crippen LogP contribution in [0.1, 0.15) is 24.1 Å². The fraction of sp³-hybridized carbons (Fsp3) is 0.391. The van der Waals surface area contributed by atoms with Gasteiger partial charge in [0.25, 0.3) is 0 Å². The Morgan fingerprint density at radius 1 is 1.00 bits per heavy atom. The van der Waals surface area contributed by atoms with Gasteiger partial charge >= 0.3 is 12.1 Å². The van der Waals surface area contributed by atoms with Crippen molar-refractivity contribution >= 4 is 17.7 Å². The van der Waals surface area contributed by atoms with Gasteiger partial charge in [0, 0.05) is 19.6 Å². The normalized spacial score (nSPS) is 14.8. The number of ether oxygens (including phenoxy) is 3. The summed E-state index contributed by atoms with van der Waals surface area (Å²) in [4.78, 5) is 27.1. The molecule has 4 amide bonds. The number of methoxy groups -OCH3 is 3. The second kappa shape index (κ2) is 10.6. The molecule has 9 heteroatoms. The van der Waals surface area contributed by atoms with Gasteiger partial charge in [0.1, 0.15) is 5.75 Å². The summed E-state index contributed by atoms with van der Waals surface area (Å²) in [5, 5.41) is 8.52. The zero-order valence-electron chi connectivity index (χ0n) is 18.9. The Hall–Kier alpha value is -3.62. The summed E-state index contributed by atoms with van der Waals surface area (Å²) in [5.74, 6) is 1.77. The van der Waals surface area contributed by atoms with E-state index in [1.54, 1.807) is 38.4 Å². The average Bonchev–Trinajstić information content (AvgIpc) is 2.81. The van der Waals surface area contributed by atoms with E-state index in [2.05, 4.69) is 16.0 Å². The van der Waals surface area contributed by atoms with Gasteiger partial charge in [-0.25, -0.2) is 9.59 Å². The van der Waals surface area contributed by atoms with Crippen LogP contribution in [0.15, 0.2) is 36.4 Å². The van der Waals surface area contributed by atoms with Crippen molar-refractivity contribution in [2.75, 3.05) is 46.3 Å². The summed E-state index contributed by atoms with van der Waals surface area (Å²) in [6.45, 7) is 3.08. The number of carbonyl (C=O) groups excluding carboxylic acids is 2. The Morgan fingerprint density at radius 3 is 2.38 bits per heavy atom. The summed E-state index contributed by atoms with van der Waals surface area (Å²) in [5.41, 5.74) is 2.53. The van der Waals surface area contributed by atoms with E-state index in [0.29, 0.717) is 42.4 Å². The van der Waals surface area contributed by atoms with Crippen LogP contribution in [-0.2, 0) is 6.42 Å². The van der Waals surface area contributed by atoms with Crippen molar-refractivity contribution < 1.29 is 23.8 Å². The van der Waals surface area contributed by atoms with E-state index in [4.69, 9.17) is 14.2 Å². The highest BCUT2D eigenvalue weighted by molar-refractivity contribution is 5.91. The Kier molecular flexibility index (Phi) is 7.64. The zero-order chi connectivity index (χ0) is 23.1. The van der Waals surface area contributed by atoms with Crippen LogP contribution in [-0.4, -0.2) is 57.9 Å². The quantitative estimate of drug-likeness (QED) is 0.612. The maximum atomic E-state index is 13.3. The summed E-state index contributed by atoms with van der Waals surface area (Å²) in [6.07, 6.45) is 0.646. The van der Waals surface area contributed by atoms with E-state index >= 15 is 0 Å². The summed E-state index contributed by atoms with van der Waals surface area (Å²) in [6, 6.07) is 10.1. The number of anilines is 1. The topological polar surface area (TPSA) is 101 Å². The van der Waals surface area contributed by atoms with Crippen LogP contribution in [0.4, 0.5) is 15.3 Å². The summed E-state index contributed by atoms with van der Waals surface area (Å²) >= 11 is 0. The first-order valence-electron chi connectivity index (χ1n) is 10.5. The number of rotatable bonds is 7. The summed E-state index contributed by atoms with van der Waals surface area (Å²) in [7, 11) is 4.72. The third kappa shape index (κ3) is 4.99. The van der Waals surface area contributed by atoms with Gasteiger partial charge in [0.2, 0.25) is 0 Å². The van der Waals surface area contributed by atoms with Crippen molar-refractivity contribution in [3.8, 4) is 17.2 Å². The number of carbonyl (C=O) groups is 2. The SMILES string of the molecule is CCNC(=O)NC[C@H]1c2cc(OC)c(OC)cc2CCN1C(=O)Nc1ccccc1OC. The van der Waals surface area contributed by atoms with Gasteiger partial charge in [-0.3, -0.25) is 0 Å². The Labute approximate surface area is 188 Å². The standard InChI is InChI=1S/C23H30N4O5/c1-5-24-22(28)25-14-18-16-13-21(32-4)20(31-3)12-15(16)10-11-27(18)23(29)26-17-8-6-7-9-19(17)30-2/h6-9,12-13,18H,5,10-11,14H2,1-4H3,(H,26,29)(H2,24,25,28)/t18-/m0/s1. The minimum atomic E-state index is -0.393. The molecule has 0 saturated carbocycles. The first kappa shape index (κ1) is 23.1. The molecular weight excluding hydrogens is 412 g/mol. The highest BCUT2D eigenvalue weighted by Crippen LogP contribution is 2.38. The maximum Gasteiger partial charge on any atom is 0.322 e. The Bertz CT molecular complexity index is 965. The molecule has 1 heterocycles. The fourth-order valence-corrected chi connectivity index (χ4v) is 3.84. The van der Waals surface area contributed by atoms with Crippen molar-refractivity contribution in [3.63, 3.8) is 0 Å². The highest BCUT2D eigenvalue weighted by Gasteiger charge is 2.33. The number of urea groups is 2. The first-order valence-corrected chi connectivity index (χ1v) is 10.5. The number of nitrogens with zero attached hydrogens (tertiary/aromatic N) is 1. The molecule has 0 spiro atoms. The molecular formula is C23H30N4O5. The molecule has 172 valence electrons. The van der Waals surface area contributed by atoms with Gasteiger partial charge in [0.15, 0.2) is 11.5 Å². The summed E-state index contributed by atoms with van der Waals surface area (Å²) < 4.78 is 16.3. The molecule has 0 unspecified atom stereocenters. The van der Waals surface area contributed by atoms with E-state index in [1.807, 2.05) is 31.2 Å². The van der Waals surface area contributed by atoms with Crippen LogP contribution in [0.5, 0.6) is 17.2 Å². The number of benzene rings is 2. The van der Waals surface area contributed by atoms with Gasteiger partial charge in [-0.15, -0.1) is 0 Å². The second-order valence-electron chi connectivity index (χ2n) is 7.24. The van der Waals surface area contributed by atoms with Gasteiger partial charge in [-0.05, 0) is 48.7 Å². The van der Waals surface area contributed by atoms with Crippen LogP contribution in [0.25, 0.3) is 0 Å². The lowest BCUT2D eigenvalue weighted by Crippen LogP contribution is -2.48. The van der Waals surface area contributed by atoms with Crippen molar-refractivity contribution in [1.29, 1.82) is 0 Å². The third-order valence-electron chi connectivity index (χ3n) is 5.41. The van der Waals surface area contributed by atoms with E-state index in [1.165, 1.54) is 0 Å². The van der Waals surface area contributed by atoms with Gasteiger partial charge in [0.05, 0.1) is 33.1 Å². The lowest BCUT2D eigenvalue weighted by molar-refractivity contribution is 0.179. The molecule has 0 bridgehead atoms. The molecule has 3 rings (SSSR count). The largest absolute Gasteiger partial charge is 0.495 e. The van der Waals surface area contributed by atoms with E-state index in [9.17, 15) is 9.59 Å². The van der Waals surface area contributed by atoms with Gasteiger partial charge in [-0.1, -0.05) is 12.1 Å². The van der Waals surface area contributed by atoms with Crippen molar-refractivity contribution in [3.05, 3.63) is 47.5 Å². The Balaban J connectivity index is 1.92. The molecule has 0 fully saturated rings. The van der Waals surface area contributed by atoms with Crippen LogP contribution in [0.2, 0.25) is 0 Å². The molecule has 0 saturated heterocycles. The van der Waals surface area contributed by atoms with Gasteiger partial charge in [-0.2, -0.15) is 0 Å². The number of hydrogen-bond acceptors (Lipinski definition) is 5. The first-order chi connectivity index (χ1) is 15.5. The molecule has 0 aliphatic carbocycles.